The van der Waals surface area contributed by atoms with Crippen molar-refractivity contribution in [2.75, 3.05) is 22.7 Å². The number of aromatic nitrogens is 2. The number of thiazole rings is 1. The molecule has 2 aromatic heterocycles. The second-order valence-electron chi connectivity index (χ2n) is 5.77. The first-order valence-corrected chi connectivity index (χ1v) is 10.5. The first-order chi connectivity index (χ1) is 12.0. The minimum absolute atomic E-state index is 0.0428. The van der Waals surface area contributed by atoms with Crippen molar-refractivity contribution in [3.8, 4) is 0 Å². The number of pyridine rings is 1. The van der Waals surface area contributed by atoms with Crippen LogP contribution in [0.1, 0.15) is 12.8 Å². The Hall–Kier alpha value is -1.90. The molecule has 0 atom stereocenters. The highest BCUT2D eigenvalue weighted by Gasteiger charge is 2.20. The van der Waals surface area contributed by atoms with Crippen LogP contribution in [0.5, 0.6) is 0 Å². The fourth-order valence-corrected chi connectivity index (χ4v) is 5.36. The quantitative estimate of drug-likeness (QED) is 0.682. The van der Waals surface area contributed by atoms with Gasteiger partial charge in [-0.15, -0.1) is 0 Å². The van der Waals surface area contributed by atoms with Crippen molar-refractivity contribution >= 4 is 54.0 Å². The predicted octanol–water partition coefficient (Wildman–Crippen LogP) is 3.75. The molecule has 1 fully saturated rings. The summed E-state index contributed by atoms with van der Waals surface area (Å²) in [4.78, 5) is 10.7. The minimum atomic E-state index is -3.79. The number of hydrogen-bond donors (Lipinski definition) is 1. The Morgan fingerprint density at radius 2 is 2.00 bits per heavy atom. The normalized spacial score (nSPS) is 15.0. The molecule has 0 bridgehead atoms. The number of nitrogens with zero attached hydrogens (tertiary/aromatic N) is 3. The van der Waals surface area contributed by atoms with Gasteiger partial charge in [0.2, 0.25) is 0 Å². The molecule has 0 saturated carbocycles. The van der Waals surface area contributed by atoms with E-state index in [4.69, 9.17) is 11.6 Å². The van der Waals surface area contributed by atoms with E-state index in [1.807, 2.05) is 6.07 Å². The summed E-state index contributed by atoms with van der Waals surface area (Å²) in [5.74, 6) is 0. The third-order valence-electron chi connectivity index (χ3n) is 4.02. The molecule has 6 nitrogen and oxygen atoms in total. The molecule has 0 radical (unpaired) electrons. The van der Waals surface area contributed by atoms with Crippen LogP contribution in [-0.2, 0) is 10.0 Å². The second-order valence-corrected chi connectivity index (χ2v) is 8.79. The molecule has 0 amide bonds. The third kappa shape index (κ3) is 3.29. The van der Waals surface area contributed by atoms with E-state index in [0.717, 1.165) is 28.4 Å². The lowest BCUT2D eigenvalue weighted by Gasteiger charge is -2.11. The van der Waals surface area contributed by atoms with Crippen LogP contribution in [-0.4, -0.2) is 31.5 Å². The fraction of sp³-hybridized carbons (Fsp3) is 0.250. The molecular formula is C16H15ClN4O2S2. The zero-order valence-electron chi connectivity index (χ0n) is 13.1. The summed E-state index contributed by atoms with van der Waals surface area (Å²) in [5, 5.41) is 0.938. The average molecular weight is 395 g/mol. The second kappa shape index (κ2) is 6.44. The van der Waals surface area contributed by atoms with Crippen LogP contribution in [0.25, 0.3) is 10.2 Å². The molecule has 0 unspecified atom stereocenters. The van der Waals surface area contributed by atoms with Gasteiger partial charge in [0.25, 0.3) is 10.0 Å². The predicted molar refractivity (Wildman–Crippen MR) is 101 cm³/mol. The Kier molecular flexibility index (Phi) is 4.26. The lowest BCUT2D eigenvalue weighted by Crippen LogP contribution is -2.16. The van der Waals surface area contributed by atoms with Gasteiger partial charge in [-0.2, -0.15) is 0 Å². The fourth-order valence-electron chi connectivity index (χ4n) is 2.80. The summed E-state index contributed by atoms with van der Waals surface area (Å²) in [6.45, 7) is 2.05. The van der Waals surface area contributed by atoms with Gasteiger partial charge in [-0.1, -0.05) is 22.9 Å². The number of nitrogens with one attached hydrogen (secondary N) is 1. The molecule has 1 saturated heterocycles. The molecular weight excluding hydrogens is 380 g/mol. The van der Waals surface area contributed by atoms with Crippen molar-refractivity contribution < 1.29 is 8.42 Å². The maximum atomic E-state index is 12.5. The highest BCUT2D eigenvalue weighted by molar-refractivity contribution is 7.92. The SMILES string of the molecule is O=S(=O)(Nc1ccc2nc(N3CCCC3)sc2c1)c1cccnc1Cl. The molecule has 1 aliphatic heterocycles. The first kappa shape index (κ1) is 16.6. The first-order valence-electron chi connectivity index (χ1n) is 7.82. The highest BCUT2D eigenvalue weighted by Crippen LogP contribution is 2.33. The van der Waals surface area contributed by atoms with Crippen LogP contribution in [0.4, 0.5) is 10.8 Å². The van der Waals surface area contributed by atoms with Gasteiger partial charge < -0.3 is 4.90 Å². The molecule has 3 aromatic rings. The van der Waals surface area contributed by atoms with Gasteiger partial charge in [0.15, 0.2) is 5.13 Å². The van der Waals surface area contributed by atoms with Gasteiger partial charge in [-0.3, -0.25) is 4.72 Å². The maximum absolute atomic E-state index is 12.5. The van der Waals surface area contributed by atoms with Crippen LogP contribution < -0.4 is 9.62 Å². The topological polar surface area (TPSA) is 75.2 Å². The Labute approximate surface area is 154 Å². The van der Waals surface area contributed by atoms with Crippen molar-refractivity contribution in [1.29, 1.82) is 0 Å². The van der Waals surface area contributed by atoms with E-state index >= 15 is 0 Å². The summed E-state index contributed by atoms with van der Waals surface area (Å²) in [7, 11) is -3.79. The third-order valence-corrected chi connectivity index (χ3v) is 6.93. The Balaban J connectivity index is 1.64. The van der Waals surface area contributed by atoms with Crippen LogP contribution in [0.3, 0.4) is 0 Å². The van der Waals surface area contributed by atoms with E-state index < -0.39 is 10.0 Å². The van der Waals surface area contributed by atoms with Crippen LogP contribution in [0.2, 0.25) is 5.15 Å². The van der Waals surface area contributed by atoms with E-state index in [1.165, 1.54) is 31.2 Å². The Bertz CT molecular complexity index is 1030. The zero-order valence-corrected chi connectivity index (χ0v) is 15.5. The van der Waals surface area contributed by atoms with Gasteiger partial charge in [0.05, 0.1) is 15.9 Å². The van der Waals surface area contributed by atoms with Crippen LogP contribution in [0.15, 0.2) is 41.4 Å². The lowest BCUT2D eigenvalue weighted by molar-refractivity contribution is 0.601. The summed E-state index contributed by atoms with van der Waals surface area (Å²) in [6, 6.07) is 8.30. The number of hydrogen-bond acceptors (Lipinski definition) is 6. The van der Waals surface area contributed by atoms with Gasteiger partial charge in [0, 0.05) is 19.3 Å². The van der Waals surface area contributed by atoms with E-state index in [0.29, 0.717) is 5.69 Å². The monoisotopic (exact) mass is 394 g/mol. The van der Waals surface area contributed by atoms with Gasteiger partial charge >= 0.3 is 0 Å². The molecule has 0 aliphatic carbocycles. The summed E-state index contributed by atoms with van der Waals surface area (Å²) in [6.07, 6.45) is 3.82. The minimum Gasteiger partial charge on any atom is -0.348 e. The van der Waals surface area contributed by atoms with Crippen molar-refractivity contribution in [2.45, 2.75) is 17.7 Å². The smallest absolute Gasteiger partial charge is 0.264 e. The van der Waals surface area contributed by atoms with Crippen LogP contribution >= 0.6 is 22.9 Å². The molecule has 4 rings (SSSR count). The number of anilines is 2. The summed E-state index contributed by atoms with van der Waals surface area (Å²) >= 11 is 7.48. The van der Waals surface area contributed by atoms with Crippen molar-refractivity contribution in [1.82, 2.24) is 9.97 Å². The lowest BCUT2D eigenvalue weighted by atomic mass is 10.3. The Morgan fingerprint density at radius 3 is 2.76 bits per heavy atom. The summed E-state index contributed by atoms with van der Waals surface area (Å²) in [5.41, 5.74) is 1.35. The molecule has 1 aromatic carbocycles. The average Bonchev–Trinajstić information content (AvgIpc) is 3.23. The zero-order chi connectivity index (χ0) is 17.4. The molecule has 1 N–H and O–H groups in total. The molecule has 130 valence electrons. The molecule has 3 heterocycles. The Morgan fingerprint density at radius 1 is 1.20 bits per heavy atom. The standard InChI is InChI=1S/C16H15ClN4O2S2/c17-15-14(4-3-7-18-15)25(22,23)20-11-5-6-12-13(10-11)24-16(19-12)21-8-1-2-9-21/h3-7,10,20H,1-2,8-9H2. The summed E-state index contributed by atoms with van der Waals surface area (Å²) < 4.78 is 28.5. The number of benzene rings is 1. The van der Waals surface area contributed by atoms with Crippen molar-refractivity contribution in [2.24, 2.45) is 0 Å². The van der Waals surface area contributed by atoms with Crippen molar-refractivity contribution in [3.63, 3.8) is 0 Å². The largest absolute Gasteiger partial charge is 0.348 e. The maximum Gasteiger partial charge on any atom is 0.264 e. The van der Waals surface area contributed by atoms with Gasteiger partial charge in [-0.25, -0.2) is 18.4 Å². The number of rotatable bonds is 4. The van der Waals surface area contributed by atoms with E-state index in [1.54, 1.807) is 23.5 Å². The van der Waals surface area contributed by atoms with Crippen LogP contribution in [0, 0.1) is 0 Å². The molecule has 25 heavy (non-hydrogen) atoms. The van der Waals surface area contributed by atoms with E-state index in [9.17, 15) is 8.42 Å². The van der Waals surface area contributed by atoms with Gasteiger partial charge in [0.1, 0.15) is 10.0 Å². The highest BCUT2D eigenvalue weighted by atomic mass is 35.5. The van der Waals surface area contributed by atoms with Crippen molar-refractivity contribution in [3.05, 3.63) is 41.7 Å². The van der Waals surface area contributed by atoms with E-state index in [2.05, 4.69) is 19.6 Å². The van der Waals surface area contributed by atoms with E-state index in [-0.39, 0.29) is 10.0 Å². The molecule has 0 spiro atoms. The molecule has 9 heteroatoms. The number of halogens is 1. The van der Waals surface area contributed by atoms with Gasteiger partial charge in [-0.05, 0) is 43.2 Å². The number of sulfonamides is 1. The number of fused-ring (bicyclic) bond motifs is 1. The molecule has 1 aliphatic rings.